The molecule has 138 valence electrons. The average molecular weight is 374 g/mol. The van der Waals surface area contributed by atoms with E-state index in [1.54, 1.807) is 25.3 Å². The minimum Gasteiger partial charge on any atom is -0.497 e. The van der Waals surface area contributed by atoms with Crippen LogP contribution < -0.4 is 10.1 Å². The predicted octanol–water partition coefficient (Wildman–Crippen LogP) is 2.28. The maximum atomic E-state index is 12.0. The van der Waals surface area contributed by atoms with Crippen molar-refractivity contribution < 1.29 is 17.9 Å². The molecule has 2 aromatic rings. The number of hydrogen-bond acceptors (Lipinski definition) is 4. The Morgan fingerprint density at radius 1 is 1.08 bits per heavy atom. The maximum absolute atomic E-state index is 12.0. The van der Waals surface area contributed by atoms with E-state index < -0.39 is 10.0 Å². The Labute approximate surface area is 154 Å². The molecule has 0 aliphatic heterocycles. The molecule has 0 radical (unpaired) electrons. The van der Waals surface area contributed by atoms with E-state index in [2.05, 4.69) is 5.32 Å². The Morgan fingerprint density at radius 2 is 1.69 bits per heavy atom. The Hall–Kier alpha value is -2.64. The van der Waals surface area contributed by atoms with Crippen molar-refractivity contribution >= 4 is 22.0 Å². The molecule has 0 aromatic heterocycles. The van der Waals surface area contributed by atoms with Gasteiger partial charge >= 0.3 is 0 Å². The van der Waals surface area contributed by atoms with Crippen LogP contribution >= 0.6 is 0 Å². The molecule has 1 amide bonds. The fourth-order valence-electron chi connectivity index (χ4n) is 2.13. The minimum atomic E-state index is -3.44. The number of benzene rings is 2. The molecule has 0 saturated carbocycles. The van der Waals surface area contributed by atoms with Crippen LogP contribution in [-0.4, -0.2) is 39.8 Å². The number of rotatable bonds is 7. The van der Waals surface area contributed by atoms with Gasteiger partial charge in [-0.2, -0.15) is 0 Å². The van der Waals surface area contributed by atoms with Crippen LogP contribution in [0.5, 0.6) is 5.75 Å². The summed E-state index contributed by atoms with van der Waals surface area (Å²) in [5.41, 5.74) is 1.70. The largest absolute Gasteiger partial charge is 0.497 e. The van der Waals surface area contributed by atoms with Crippen molar-refractivity contribution in [1.29, 1.82) is 0 Å². The first-order valence-electron chi connectivity index (χ1n) is 7.94. The Balaban J connectivity index is 1.91. The third-order valence-electron chi connectivity index (χ3n) is 3.71. The number of nitrogens with one attached hydrogen (secondary N) is 1. The molecule has 0 aliphatic carbocycles. The summed E-state index contributed by atoms with van der Waals surface area (Å²) in [6, 6.07) is 13.8. The second-order valence-electron chi connectivity index (χ2n) is 5.76. The van der Waals surface area contributed by atoms with Crippen LogP contribution in [0.25, 0.3) is 6.08 Å². The molecule has 2 rings (SSSR count). The van der Waals surface area contributed by atoms with Gasteiger partial charge in [-0.1, -0.05) is 24.3 Å². The van der Waals surface area contributed by atoms with E-state index in [0.29, 0.717) is 6.54 Å². The lowest BCUT2D eigenvalue weighted by atomic mass is 10.2. The van der Waals surface area contributed by atoms with Crippen molar-refractivity contribution in [2.75, 3.05) is 21.2 Å². The number of nitrogens with zero attached hydrogens (tertiary/aromatic N) is 1. The summed E-state index contributed by atoms with van der Waals surface area (Å²) in [6.07, 6.45) is 3.16. The van der Waals surface area contributed by atoms with Gasteiger partial charge in [-0.15, -0.1) is 0 Å². The monoisotopic (exact) mass is 374 g/mol. The number of methoxy groups -OCH3 is 1. The van der Waals surface area contributed by atoms with E-state index in [-0.39, 0.29) is 10.8 Å². The summed E-state index contributed by atoms with van der Waals surface area (Å²) in [7, 11) is 1.12. The van der Waals surface area contributed by atoms with E-state index in [1.165, 1.54) is 32.3 Å². The van der Waals surface area contributed by atoms with Gasteiger partial charge in [0.05, 0.1) is 12.0 Å². The van der Waals surface area contributed by atoms with Gasteiger partial charge in [-0.05, 0) is 41.5 Å². The van der Waals surface area contributed by atoms with E-state index in [1.807, 2.05) is 24.3 Å². The highest BCUT2D eigenvalue weighted by Gasteiger charge is 2.16. The van der Waals surface area contributed by atoms with Crippen molar-refractivity contribution in [3.05, 3.63) is 65.7 Å². The second-order valence-corrected chi connectivity index (χ2v) is 7.91. The van der Waals surface area contributed by atoms with Gasteiger partial charge in [0.25, 0.3) is 0 Å². The first kappa shape index (κ1) is 19.7. The van der Waals surface area contributed by atoms with Gasteiger partial charge in [0.1, 0.15) is 5.75 Å². The van der Waals surface area contributed by atoms with Gasteiger partial charge in [0.15, 0.2) is 0 Å². The lowest BCUT2D eigenvalue weighted by Gasteiger charge is -2.11. The summed E-state index contributed by atoms with van der Waals surface area (Å²) in [4.78, 5) is 12.1. The summed E-state index contributed by atoms with van der Waals surface area (Å²) in [6.45, 7) is 0.314. The molecule has 0 aliphatic rings. The summed E-state index contributed by atoms with van der Waals surface area (Å²) >= 11 is 0. The molecule has 1 N–H and O–H groups in total. The predicted molar refractivity (Wildman–Crippen MR) is 101 cm³/mol. The standard InChI is InChI=1S/C19H22N2O4S/c1-21(2)26(23,24)18-11-6-16(7-12-18)14-20-19(22)13-8-15-4-9-17(25-3)10-5-15/h4-13H,14H2,1-3H3,(H,20,22)/b13-8+. The molecule has 0 heterocycles. The van der Waals surface area contributed by atoms with Crippen LogP contribution in [0.3, 0.4) is 0 Å². The van der Waals surface area contributed by atoms with Gasteiger partial charge in [0, 0.05) is 26.7 Å². The van der Waals surface area contributed by atoms with Crippen LogP contribution in [0.2, 0.25) is 0 Å². The van der Waals surface area contributed by atoms with Crippen molar-refractivity contribution in [2.45, 2.75) is 11.4 Å². The number of amides is 1. The molecular formula is C19H22N2O4S. The fourth-order valence-corrected chi connectivity index (χ4v) is 3.03. The van der Waals surface area contributed by atoms with Crippen LogP contribution in [-0.2, 0) is 21.4 Å². The molecular weight excluding hydrogens is 352 g/mol. The molecule has 0 saturated heterocycles. The second kappa shape index (κ2) is 8.64. The Bertz CT molecular complexity index is 871. The number of hydrogen-bond donors (Lipinski definition) is 1. The first-order valence-corrected chi connectivity index (χ1v) is 9.38. The molecule has 6 nitrogen and oxygen atoms in total. The zero-order valence-corrected chi connectivity index (χ0v) is 15.8. The molecule has 0 fully saturated rings. The fraction of sp³-hybridized carbons (Fsp3) is 0.211. The molecule has 0 unspecified atom stereocenters. The molecule has 0 spiro atoms. The van der Waals surface area contributed by atoms with E-state index >= 15 is 0 Å². The Kier molecular flexibility index (Phi) is 6.54. The van der Waals surface area contributed by atoms with Gasteiger partial charge in [0.2, 0.25) is 15.9 Å². The van der Waals surface area contributed by atoms with Crippen molar-refractivity contribution in [3.8, 4) is 5.75 Å². The van der Waals surface area contributed by atoms with Crippen molar-refractivity contribution in [3.63, 3.8) is 0 Å². The van der Waals surface area contributed by atoms with Gasteiger partial charge < -0.3 is 10.1 Å². The number of carbonyl (C=O) groups is 1. The number of carbonyl (C=O) groups excluding carboxylic acids is 1. The minimum absolute atomic E-state index is 0.219. The summed E-state index contributed by atoms with van der Waals surface area (Å²) < 4.78 is 30.3. The number of ether oxygens (including phenoxy) is 1. The highest BCUT2D eigenvalue weighted by Crippen LogP contribution is 2.14. The van der Waals surface area contributed by atoms with E-state index in [0.717, 1.165) is 21.2 Å². The van der Waals surface area contributed by atoms with Crippen molar-refractivity contribution in [2.24, 2.45) is 0 Å². The quantitative estimate of drug-likeness (QED) is 0.755. The van der Waals surface area contributed by atoms with Crippen molar-refractivity contribution in [1.82, 2.24) is 9.62 Å². The van der Waals surface area contributed by atoms with Crippen LogP contribution in [0, 0.1) is 0 Å². The average Bonchev–Trinajstić information content (AvgIpc) is 2.65. The van der Waals surface area contributed by atoms with Crippen LogP contribution in [0.4, 0.5) is 0 Å². The first-order chi connectivity index (χ1) is 12.3. The topological polar surface area (TPSA) is 75.7 Å². The van der Waals surface area contributed by atoms with Crippen LogP contribution in [0.15, 0.2) is 59.5 Å². The normalized spacial score (nSPS) is 11.7. The van der Waals surface area contributed by atoms with Gasteiger partial charge in [-0.3, -0.25) is 4.79 Å². The summed E-state index contributed by atoms with van der Waals surface area (Å²) in [5, 5.41) is 2.76. The third-order valence-corrected chi connectivity index (χ3v) is 5.54. The SMILES string of the molecule is COc1ccc(/C=C/C(=O)NCc2ccc(S(=O)(=O)N(C)C)cc2)cc1. The molecule has 26 heavy (non-hydrogen) atoms. The zero-order valence-electron chi connectivity index (χ0n) is 15.0. The lowest BCUT2D eigenvalue weighted by Crippen LogP contribution is -2.22. The van der Waals surface area contributed by atoms with E-state index in [4.69, 9.17) is 4.74 Å². The molecule has 0 bridgehead atoms. The molecule has 0 atom stereocenters. The highest BCUT2D eigenvalue weighted by molar-refractivity contribution is 7.89. The number of sulfonamides is 1. The molecule has 7 heteroatoms. The van der Waals surface area contributed by atoms with Crippen LogP contribution in [0.1, 0.15) is 11.1 Å². The maximum Gasteiger partial charge on any atom is 0.244 e. The van der Waals surface area contributed by atoms with E-state index in [9.17, 15) is 13.2 Å². The highest BCUT2D eigenvalue weighted by atomic mass is 32.2. The zero-order chi connectivity index (χ0) is 19.2. The Morgan fingerprint density at radius 3 is 2.23 bits per heavy atom. The van der Waals surface area contributed by atoms with Gasteiger partial charge in [-0.25, -0.2) is 12.7 Å². The smallest absolute Gasteiger partial charge is 0.244 e. The third kappa shape index (κ3) is 5.18. The molecule has 2 aromatic carbocycles. The summed E-state index contributed by atoms with van der Waals surface area (Å²) in [5.74, 6) is 0.525. The lowest BCUT2D eigenvalue weighted by molar-refractivity contribution is -0.116.